The molecule has 6 heteroatoms. The second-order valence-electron chi connectivity index (χ2n) is 3.98. The van der Waals surface area contributed by atoms with Crippen molar-refractivity contribution in [2.75, 3.05) is 27.3 Å². The first kappa shape index (κ1) is 14.6. The van der Waals surface area contributed by atoms with Gasteiger partial charge in [0.15, 0.2) is 0 Å². The number of methoxy groups -OCH3 is 1. The molecule has 1 unspecified atom stereocenters. The molecule has 1 aromatic carbocycles. The van der Waals surface area contributed by atoms with E-state index >= 15 is 0 Å². The average Bonchev–Trinajstić information content (AvgIpc) is 2.26. The van der Waals surface area contributed by atoms with E-state index in [0.29, 0.717) is 13.2 Å². The van der Waals surface area contributed by atoms with Gasteiger partial charge in [-0.3, -0.25) is 4.79 Å². The molecule has 100 valence electrons. The Kier molecular flexibility index (Phi) is 5.25. The number of alkyl halides is 1. The topological polar surface area (TPSA) is 70.0 Å². The van der Waals surface area contributed by atoms with E-state index in [0.717, 1.165) is 6.07 Å². The molecule has 1 rings (SSSR count). The predicted molar refractivity (Wildman–Crippen MR) is 68.2 cm³/mol. The van der Waals surface area contributed by atoms with Gasteiger partial charge in [0.1, 0.15) is 11.5 Å². The molecule has 0 radical (unpaired) electrons. The minimum absolute atomic E-state index is 0.161. The summed E-state index contributed by atoms with van der Waals surface area (Å²) in [6.07, 6.45) is 0. The second-order valence-corrected chi connectivity index (χ2v) is 4.59. The molecule has 0 bridgehead atoms. The second kappa shape index (κ2) is 6.47. The van der Waals surface area contributed by atoms with E-state index in [1.807, 2.05) is 0 Å². The van der Waals surface area contributed by atoms with Crippen LogP contribution in [-0.4, -0.2) is 53.7 Å². The lowest BCUT2D eigenvalue weighted by molar-refractivity contribution is 0.0781. The molecule has 5 nitrogen and oxygen atoms in total. The Bertz CT molecular complexity index is 404. The zero-order valence-corrected chi connectivity index (χ0v) is 11.0. The molecule has 0 aliphatic rings. The van der Waals surface area contributed by atoms with Crippen molar-refractivity contribution in [2.24, 2.45) is 0 Å². The van der Waals surface area contributed by atoms with Crippen molar-refractivity contribution in [1.29, 1.82) is 0 Å². The van der Waals surface area contributed by atoms with Gasteiger partial charge in [-0.25, -0.2) is 0 Å². The highest BCUT2D eigenvalue weighted by Crippen LogP contribution is 2.21. The fraction of sp³-hybridized carbons (Fsp3) is 0.417. The molecule has 1 amide bonds. The third-order valence-corrected chi connectivity index (χ3v) is 2.58. The number of hydrogen-bond donors (Lipinski definition) is 2. The van der Waals surface area contributed by atoms with Gasteiger partial charge >= 0.3 is 0 Å². The summed E-state index contributed by atoms with van der Waals surface area (Å²) < 4.78 is 4.88. The summed E-state index contributed by atoms with van der Waals surface area (Å²) in [5.74, 6) is -0.653. The maximum absolute atomic E-state index is 12.0. The fourth-order valence-corrected chi connectivity index (χ4v) is 1.89. The van der Waals surface area contributed by atoms with Crippen molar-refractivity contribution < 1.29 is 19.7 Å². The van der Waals surface area contributed by atoms with Crippen LogP contribution in [0.5, 0.6) is 11.5 Å². The van der Waals surface area contributed by atoms with Gasteiger partial charge in [-0.15, -0.1) is 11.6 Å². The van der Waals surface area contributed by atoms with Crippen molar-refractivity contribution in [2.45, 2.75) is 5.38 Å². The van der Waals surface area contributed by atoms with Crippen LogP contribution >= 0.6 is 11.6 Å². The minimum Gasteiger partial charge on any atom is -0.508 e. The number of phenols is 2. The Labute approximate surface area is 111 Å². The predicted octanol–water partition coefficient (Wildman–Crippen LogP) is 1.42. The zero-order chi connectivity index (χ0) is 13.7. The van der Waals surface area contributed by atoms with Crippen LogP contribution in [0.1, 0.15) is 10.4 Å². The van der Waals surface area contributed by atoms with E-state index in [9.17, 15) is 15.0 Å². The van der Waals surface area contributed by atoms with Crippen molar-refractivity contribution in [3.63, 3.8) is 0 Å². The summed E-state index contributed by atoms with van der Waals surface area (Å²) >= 11 is 5.95. The van der Waals surface area contributed by atoms with Crippen LogP contribution in [0.2, 0.25) is 0 Å². The Balaban J connectivity index is 2.74. The lowest BCUT2D eigenvalue weighted by Crippen LogP contribution is -2.33. The molecule has 0 aliphatic heterocycles. The van der Waals surface area contributed by atoms with Crippen LogP contribution in [0.25, 0.3) is 0 Å². The third-order valence-electron chi connectivity index (χ3n) is 2.32. The van der Waals surface area contributed by atoms with Crippen LogP contribution in [0.15, 0.2) is 18.2 Å². The fourth-order valence-electron chi connectivity index (χ4n) is 1.55. The number of carbonyl (C=O) groups is 1. The number of benzene rings is 1. The first-order valence-corrected chi connectivity index (χ1v) is 5.79. The Morgan fingerprint density at radius 2 is 1.94 bits per heavy atom. The number of carbonyl (C=O) groups excluding carboxylic acids is 1. The van der Waals surface area contributed by atoms with Crippen molar-refractivity contribution >= 4 is 17.5 Å². The summed E-state index contributed by atoms with van der Waals surface area (Å²) in [5.41, 5.74) is 0.205. The van der Waals surface area contributed by atoms with Crippen LogP contribution in [0, 0.1) is 0 Å². The molecule has 18 heavy (non-hydrogen) atoms. The largest absolute Gasteiger partial charge is 0.508 e. The minimum atomic E-state index is -0.331. The Morgan fingerprint density at radius 1 is 1.39 bits per heavy atom. The third kappa shape index (κ3) is 4.09. The number of ether oxygens (including phenoxy) is 1. The van der Waals surface area contributed by atoms with E-state index in [4.69, 9.17) is 16.3 Å². The molecule has 0 spiro atoms. The van der Waals surface area contributed by atoms with Crippen LogP contribution in [-0.2, 0) is 4.74 Å². The molecule has 1 atom stereocenters. The van der Waals surface area contributed by atoms with Gasteiger partial charge in [0.25, 0.3) is 5.91 Å². The molecule has 2 N–H and O–H groups in total. The molecule has 1 aromatic rings. The summed E-state index contributed by atoms with van der Waals surface area (Å²) in [6.45, 7) is 0.648. The molecule has 0 heterocycles. The number of rotatable bonds is 5. The number of halogens is 1. The monoisotopic (exact) mass is 273 g/mol. The van der Waals surface area contributed by atoms with Crippen molar-refractivity contribution in [3.8, 4) is 11.5 Å². The summed E-state index contributed by atoms with van der Waals surface area (Å²) in [7, 11) is 3.12. The standard InChI is InChI=1S/C12H16ClNO4/c1-14(6-9(13)7-18-2)12(17)8-3-10(15)5-11(16)4-8/h3-5,9,15-16H,6-7H2,1-2H3. The first-order valence-electron chi connectivity index (χ1n) is 5.35. The van der Waals surface area contributed by atoms with Gasteiger partial charge in [-0.05, 0) is 12.1 Å². The Morgan fingerprint density at radius 3 is 2.44 bits per heavy atom. The molecule has 0 saturated heterocycles. The highest BCUT2D eigenvalue weighted by atomic mass is 35.5. The first-order chi connectivity index (χ1) is 8.43. The van der Waals surface area contributed by atoms with Gasteiger partial charge in [-0.1, -0.05) is 0 Å². The number of nitrogens with zero attached hydrogens (tertiary/aromatic N) is 1. The number of phenolic OH excluding ortho intramolecular Hbond substituents is 2. The van der Waals surface area contributed by atoms with Crippen LogP contribution < -0.4 is 0 Å². The van der Waals surface area contributed by atoms with Crippen molar-refractivity contribution in [1.82, 2.24) is 4.90 Å². The number of aromatic hydroxyl groups is 2. The van der Waals surface area contributed by atoms with E-state index in [2.05, 4.69) is 0 Å². The zero-order valence-electron chi connectivity index (χ0n) is 10.3. The normalized spacial score (nSPS) is 12.2. The molecule has 0 aromatic heterocycles. The van der Waals surface area contributed by atoms with Gasteiger partial charge in [0.05, 0.1) is 12.0 Å². The molecular weight excluding hydrogens is 258 g/mol. The summed E-state index contributed by atoms with van der Waals surface area (Å²) in [5, 5.41) is 18.3. The highest BCUT2D eigenvalue weighted by Gasteiger charge is 2.16. The SMILES string of the molecule is COCC(Cl)CN(C)C(=O)c1cc(O)cc(O)c1. The van der Waals surface area contributed by atoms with Gasteiger partial charge in [-0.2, -0.15) is 0 Å². The Hall–Kier alpha value is -1.46. The van der Waals surface area contributed by atoms with Crippen LogP contribution in [0.3, 0.4) is 0 Å². The lowest BCUT2D eigenvalue weighted by atomic mass is 10.1. The molecule has 0 saturated carbocycles. The number of hydrogen-bond acceptors (Lipinski definition) is 4. The maximum Gasteiger partial charge on any atom is 0.253 e. The lowest BCUT2D eigenvalue weighted by Gasteiger charge is -2.20. The van der Waals surface area contributed by atoms with Crippen LogP contribution in [0.4, 0.5) is 0 Å². The summed E-state index contributed by atoms with van der Waals surface area (Å²) in [6, 6.07) is 3.74. The van der Waals surface area contributed by atoms with Gasteiger partial charge in [0, 0.05) is 32.3 Å². The van der Waals surface area contributed by atoms with E-state index in [1.165, 1.54) is 24.1 Å². The van der Waals surface area contributed by atoms with E-state index < -0.39 is 0 Å². The van der Waals surface area contributed by atoms with Gasteiger partial charge < -0.3 is 19.8 Å². The van der Waals surface area contributed by atoms with Crippen molar-refractivity contribution in [3.05, 3.63) is 23.8 Å². The number of amides is 1. The molecule has 0 fully saturated rings. The maximum atomic E-state index is 12.0. The smallest absolute Gasteiger partial charge is 0.253 e. The average molecular weight is 274 g/mol. The van der Waals surface area contributed by atoms with E-state index in [1.54, 1.807) is 7.05 Å². The quantitative estimate of drug-likeness (QED) is 0.796. The highest BCUT2D eigenvalue weighted by molar-refractivity contribution is 6.21. The van der Waals surface area contributed by atoms with Gasteiger partial charge in [0.2, 0.25) is 0 Å². The summed E-state index contributed by atoms with van der Waals surface area (Å²) in [4.78, 5) is 13.4. The van der Waals surface area contributed by atoms with E-state index in [-0.39, 0.29) is 28.3 Å². The molecular formula is C12H16ClNO4. The molecule has 0 aliphatic carbocycles.